The first-order valence-corrected chi connectivity index (χ1v) is 10.3. The summed E-state index contributed by atoms with van der Waals surface area (Å²) in [6, 6.07) is -1.87. The maximum atomic E-state index is 12.9. The first kappa shape index (κ1) is 24.0. The van der Waals surface area contributed by atoms with Crippen LogP contribution in [0.2, 0.25) is 0 Å². The lowest BCUT2D eigenvalue weighted by molar-refractivity contribution is -0.150. The van der Waals surface area contributed by atoms with Gasteiger partial charge < -0.3 is 30.5 Å². The van der Waals surface area contributed by atoms with Gasteiger partial charge in [0.25, 0.3) is 0 Å². The molecule has 0 aromatic carbocycles. The summed E-state index contributed by atoms with van der Waals surface area (Å²) in [6.07, 6.45) is 4.57. The summed E-state index contributed by atoms with van der Waals surface area (Å²) in [5.74, 6) is -1.75. The fraction of sp³-hybridized carbons (Fsp3) is 0.667. The molecule has 9 nitrogen and oxygen atoms in total. The van der Waals surface area contributed by atoms with Crippen LogP contribution in [-0.4, -0.2) is 77.9 Å². The molecule has 1 saturated carbocycles. The number of ether oxygens (including phenoxy) is 2. The largest absolute Gasteiger partial charge is 0.464 e. The third kappa shape index (κ3) is 5.47. The number of aliphatic hydroxyl groups is 1. The average molecular weight is 424 g/mol. The summed E-state index contributed by atoms with van der Waals surface area (Å²) in [5.41, 5.74) is 4.79. The molecule has 0 bridgehead atoms. The Bertz CT molecular complexity index is 669. The van der Waals surface area contributed by atoms with E-state index in [-0.39, 0.29) is 32.1 Å². The quantitative estimate of drug-likeness (QED) is 0.227. The molecule has 2 amide bonds. The second-order valence-corrected chi connectivity index (χ2v) is 7.74. The number of β-amino-alcohol motifs (C(OH)–C–C–N with tert-alkyl or cyclic N) is 1. The Labute approximate surface area is 177 Å². The van der Waals surface area contributed by atoms with E-state index in [1.54, 1.807) is 19.1 Å². The number of nitrogens with zero attached hydrogens (tertiary/aromatic N) is 1. The van der Waals surface area contributed by atoms with E-state index in [4.69, 9.17) is 15.2 Å². The van der Waals surface area contributed by atoms with Crippen molar-refractivity contribution >= 4 is 17.8 Å². The normalized spacial score (nSPS) is 28.5. The molecule has 9 heteroatoms. The van der Waals surface area contributed by atoms with Crippen LogP contribution < -0.4 is 11.1 Å². The van der Waals surface area contributed by atoms with Crippen molar-refractivity contribution in [2.24, 2.45) is 11.7 Å². The Morgan fingerprint density at radius 3 is 2.73 bits per heavy atom. The molecule has 1 heterocycles. The van der Waals surface area contributed by atoms with Crippen molar-refractivity contribution in [3.05, 3.63) is 25.3 Å². The van der Waals surface area contributed by atoms with Gasteiger partial charge in [-0.15, -0.1) is 13.2 Å². The standard InChI is InChI=1S/C21H33N3O6/c1-4-7-8-9-29-13-16(22)19(27)24-12-15(25)10-17(24)18(26)23-21(11-14(21)5-2)20(28)30-6-3/h4-5,14-17,25H,1-2,6-13,22H2,3H3,(H,23,26)/t14-,15-,16+,17+,21-/m1/s1. The molecule has 2 aliphatic rings. The zero-order valence-electron chi connectivity index (χ0n) is 17.5. The minimum Gasteiger partial charge on any atom is -0.464 e. The number of likely N-dealkylation sites (tertiary alicyclic amines) is 1. The molecule has 5 atom stereocenters. The van der Waals surface area contributed by atoms with Gasteiger partial charge in [-0.05, 0) is 26.2 Å². The van der Waals surface area contributed by atoms with Crippen LogP contribution in [0.4, 0.5) is 0 Å². The van der Waals surface area contributed by atoms with Crippen LogP contribution in [0.15, 0.2) is 25.3 Å². The van der Waals surface area contributed by atoms with Crippen molar-refractivity contribution in [2.75, 3.05) is 26.4 Å². The number of rotatable bonds is 12. The zero-order valence-corrected chi connectivity index (χ0v) is 17.5. The highest BCUT2D eigenvalue weighted by Crippen LogP contribution is 2.45. The number of aliphatic hydroxyl groups excluding tert-OH is 1. The van der Waals surface area contributed by atoms with Gasteiger partial charge in [-0.1, -0.05) is 12.2 Å². The third-order valence-corrected chi connectivity index (χ3v) is 5.46. The molecule has 0 aromatic heterocycles. The molecule has 2 rings (SSSR count). The van der Waals surface area contributed by atoms with Gasteiger partial charge in [-0.25, -0.2) is 4.79 Å². The zero-order chi connectivity index (χ0) is 22.3. The van der Waals surface area contributed by atoms with Crippen LogP contribution in [0, 0.1) is 5.92 Å². The van der Waals surface area contributed by atoms with Gasteiger partial charge >= 0.3 is 5.97 Å². The lowest BCUT2D eigenvalue weighted by atomic mass is 10.1. The van der Waals surface area contributed by atoms with Crippen molar-refractivity contribution < 1.29 is 29.0 Å². The number of hydrogen-bond acceptors (Lipinski definition) is 7. The number of unbranched alkanes of at least 4 members (excludes halogenated alkanes) is 1. The Morgan fingerprint density at radius 2 is 2.13 bits per heavy atom. The first-order chi connectivity index (χ1) is 14.3. The number of hydrogen-bond donors (Lipinski definition) is 3. The number of carbonyl (C=O) groups is 3. The van der Waals surface area contributed by atoms with Crippen molar-refractivity contribution in [1.29, 1.82) is 0 Å². The average Bonchev–Trinajstić information content (AvgIpc) is 3.30. The van der Waals surface area contributed by atoms with Crippen LogP contribution in [0.3, 0.4) is 0 Å². The molecule has 0 aromatic rings. The fourth-order valence-corrected chi connectivity index (χ4v) is 3.70. The Morgan fingerprint density at radius 1 is 1.40 bits per heavy atom. The smallest absolute Gasteiger partial charge is 0.332 e. The molecule has 0 spiro atoms. The number of amides is 2. The molecule has 30 heavy (non-hydrogen) atoms. The summed E-state index contributed by atoms with van der Waals surface area (Å²) < 4.78 is 10.5. The predicted octanol–water partition coefficient (Wildman–Crippen LogP) is -0.118. The minimum atomic E-state index is -1.16. The van der Waals surface area contributed by atoms with E-state index >= 15 is 0 Å². The number of allylic oxidation sites excluding steroid dienone is 1. The Kier molecular flexibility index (Phi) is 8.57. The maximum absolute atomic E-state index is 12.9. The number of esters is 1. The minimum absolute atomic E-state index is 0.00161. The van der Waals surface area contributed by atoms with Gasteiger partial charge in [0.2, 0.25) is 11.8 Å². The predicted molar refractivity (Wildman–Crippen MR) is 110 cm³/mol. The Balaban J connectivity index is 2.00. The van der Waals surface area contributed by atoms with Gasteiger partial charge in [0.15, 0.2) is 0 Å². The Hall–Kier alpha value is -2.23. The second-order valence-electron chi connectivity index (χ2n) is 7.74. The fourth-order valence-electron chi connectivity index (χ4n) is 3.70. The molecule has 1 aliphatic heterocycles. The summed E-state index contributed by atoms with van der Waals surface area (Å²) >= 11 is 0. The van der Waals surface area contributed by atoms with E-state index in [0.717, 1.165) is 12.8 Å². The van der Waals surface area contributed by atoms with Crippen LogP contribution in [0.1, 0.15) is 32.6 Å². The molecule has 1 saturated heterocycles. The summed E-state index contributed by atoms with van der Waals surface area (Å²) in [5, 5.41) is 12.8. The molecule has 2 fully saturated rings. The van der Waals surface area contributed by atoms with E-state index in [1.165, 1.54) is 4.90 Å². The topological polar surface area (TPSA) is 131 Å². The van der Waals surface area contributed by atoms with E-state index in [1.807, 2.05) is 0 Å². The molecule has 1 aliphatic carbocycles. The number of nitrogens with two attached hydrogens (primary N) is 1. The maximum Gasteiger partial charge on any atom is 0.332 e. The van der Waals surface area contributed by atoms with Gasteiger partial charge in [0.1, 0.15) is 17.6 Å². The lowest BCUT2D eigenvalue weighted by Crippen LogP contribution is -2.56. The van der Waals surface area contributed by atoms with Gasteiger partial charge in [-0.3, -0.25) is 9.59 Å². The molecule has 168 valence electrons. The monoisotopic (exact) mass is 423 g/mol. The highest BCUT2D eigenvalue weighted by molar-refractivity contribution is 5.96. The lowest BCUT2D eigenvalue weighted by Gasteiger charge is -2.28. The summed E-state index contributed by atoms with van der Waals surface area (Å²) in [4.78, 5) is 39.4. The van der Waals surface area contributed by atoms with Crippen molar-refractivity contribution in [1.82, 2.24) is 10.2 Å². The van der Waals surface area contributed by atoms with Crippen LogP contribution >= 0.6 is 0 Å². The van der Waals surface area contributed by atoms with Crippen molar-refractivity contribution in [2.45, 2.75) is 56.3 Å². The highest BCUT2D eigenvalue weighted by Gasteiger charge is 2.62. The molecule has 4 N–H and O–H groups in total. The SMILES string of the molecule is C=CCCCOC[C@H](N)C(=O)N1C[C@H](O)C[C@H]1C(=O)N[C@]1(C(=O)OCC)C[C@H]1C=C. The molecule has 0 radical (unpaired) electrons. The summed E-state index contributed by atoms with van der Waals surface area (Å²) in [6.45, 7) is 9.66. The van der Waals surface area contributed by atoms with E-state index in [2.05, 4.69) is 18.5 Å². The van der Waals surface area contributed by atoms with Gasteiger partial charge in [0.05, 0.1) is 19.3 Å². The first-order valence-electron chi connectivity index (χ1n) is 10.3. The third-order valence-electron chi connectivity index (χ3n) is 5.46. The second kappa shape index (κ2) is 10.7. The molecular weight excluding hydrogens is 390 g/mol. The number of carbonyl (C=O) groups excluding carboxylic acids is 3. The van der Waals surface area contributed by atoms with Gasteiger partial charge in [-0.2, -0.15) is 0 Å². The van der Waals surface area contributed by atoms with Gasteiger partial charge in [0, 0.05) is 25.5 Å². The molecular formula is C21H33N3O6. The van der Waals surface area contributed by atoms with Crippen LogP contribution in [-0.2, 0) is 23.9 Å². The van der Waals surface area contributed by atoms with E-state index in [9.17, 15) is 19.5 Å². The highest BCUT2D eigenvalue weighted by atomic mass is 16.5. The van der Waals surface area contributed by atoms with Crippen LogP contribution in [0.25, 0.3) is 0 Å². The van der Waals surface area contributed by atoms with Crippen molar-refractivity contribution in [3.63, 3.8) is 0 Å². The van der Waals surface area contributed by atoms with E-state index in [0.29, 0.717) is 13.0 Å². The van der Waals surface area contributed by atoms with E-state index < -0.39 is 41.5 Å². The number of nitrogens with one attached hydrogen (secondary N) is 1. The summed E-state index contributed by atoms with van der Waals surface area (Å²) in [7, 11) is 0. The van der Waals surface area contributed by atoms with Crippen molar-refractivity contribution in [3.8, 4) is 0 Å². The van der Waals surface area contributed by atoms with Crippen LogP contribution in [0.5, 0.6) is 0 Å². The molecule has 0 unspecified atom stereocenters.